The van der Waals surface area contributed by atoms with E-state index in [1.165, 1.54) is 29.6 Å². The van der Waals surface area contributed by atoms with Gasteiger partial charge in [0, 0.05) is 30.8 Å². The lowest BCUT2D eigenvalue weighted by atomic mass is 9.94. The molecular formula is C23H27ClN2O6S. The number of ether oxygens (including phenoxy) is 3. The van der Waals surface area contributed by atoms with Crippen LogP contribution in [0.2, 0.25) is 5.02 Å². The van der Waals surface area contributed by atoms with Gasteiger partial charge >= 0.3 is 0 Å². The summed E-state index contributed by atoms with van der Waals surface area (Å²) in [5.41, 5.74) is 0.503. The number of carbonyl (C=O) groups is 1. The van der Waals surface area contributed by atoms with Crippen LogP contribution in [0.1, 0.15) is 30.6 Å². The van der Waals surface area contributed by atoms with Crippen molar-refractivity contribution in [2.75, 3.05) is 38.7 Å². The Bertz CT molecular complexity index is 1160. The number of rotatable bonds is 5. The molecule has 33 heavy (non-hydrogen) atoms. The Hall–Kier alpha value is -2.49. The number of anilines is 1. The Morgan fingerprint density at radius 3 is 2.36 bits per heavy atom. The molecule has 0 aliphatic carbocycles. The molecular weight excluding hydrogens is 468 g/mol. The van der Waals surface area contributed by atoms with E-state index in [-0.39, 0.29) is 33.1 Å². The first-order chi connectivity index (χ1) is 15.7. The molecule has 2 atom stereocenters. The van der Waals surface area contributed by atoms with E-state index in [4.69, 9.17) is 25.8 Å². The molecule has 1 fully saturated rings. The van der Waals surface area contributed by atoms with E-state index in [2.05, 4.69) is 5.32 Å². The Labute approximate surface area is 198 Å². The van der Waals surface area contributed by atoms with Gasteiger partial charge in [-0.2, -0.15) is 4.31 Å². The van der Waals surface area contributed by atoms with E-state index < -0.39 is 15.9 Å². The third-order valence-corrected chi connectivity index (χ3v) is 7.92. The second-order valence-electron chi connectivity index (χ2n) is 8.56. The number of nitrogens with one attached hydrogen (secondary N) is 1. The highest BCUT2D eigenvalue weighted by Gasteiger charge is 2.34. The van der Waals surface area contributed by atoms with Gasteiger partial charge in [-0.05, 0) is 36.5 Å². The molecule has 4 rings (SSSR count). The van der Waals surface area contributed by atoms with Gasteiger partial charge in [0.1, 0.15) is 23.9 Å². The summed E-state index contributed by atoms with van der Waals surface area (Å²) in [7, 11) is -2.45. The van der Waals surface area contributed by atoms with Crippen LogP contribution in [-0.4, -0.2) is 52.0 Å². The van der Waals surface area contributed by atoms with Crippen LogP contribution in [0.4, 0.5) is 5.69 Å². The lowest BCUT2D eigenvalue weighted by Crippen LogP contribution is -2.42. The van der Waals surface area contributed by atoms with Crippen molar-refractivity contribution in [2.24, 2.45) is 11.8 Å². The quantitative estimate of drug-likeness (QED) is 0.674. The van der Waals surface area contributed by atoms with Gasteiger partial charge in [0.25, 0.3) is 5.91 Å². The third kappa shape index (κ3) is 4.90. The summed E-state index contributed by atoms with van der Waals surface area (Å²) < 4.78 is 44.8. The van der Waals surface area contributed by atoms with Gasteiger partial charge in [0.05, 0.1) is 17.8 Å². The summed E-state index contributed by atoms with van der Waals surface area (Å²) in [5.74, 6) is 1.17. The van der Waals surface area contributed by atoms with Gasteiger partial charge in [0.2, 0.25) is 10.0 Å². The molecule has 2 heterocycles. The summed E-state index contributed by atoms with van der Waals surface area (Å²) in [4.78, 5) is 13.0. The van der Waals surface area contributed by atoms with Crippen molar-refractivity contribution in [3.05, 3.63) is 40.9 Å². The van der Waals surface area contributed by atoms with E-state index in [9.17, 15) is 13.2 Å². The Kier molecular flexibility index (Phi) is 6.74. The summed E-state index contributed by atoms with van der Waals surface area (Å²) in [6.45, 7) is 5.76. The second kappa shape index (κ2) is 9.40. The fourth-order valence-electron chi connectivity index (χ4n) is 4.31. The number of hydrogen-bond acceptors (Lipinski definition) is 6. The van der Waals surface area contributed by atoms with Crippen LogP contribution in [0.3, 0.4) is 0 Å². The first-order valence-corrected chi connectivity index (χ1v) is 12.6. The molecule has 2 aromatic rings. The molecule has 0 aromatic heterocycles. The first-order valence-electron chi connectivity index (χ1n) is 10.8. The van der Waals surface area contributed by atoms with E-state index in [0.29, 0.717) is 43.5 Å². The number of amides is 1. The maximum Gasteiger partial charge on any atom is 0.255 e. The lowest BCUT2D eigenvalue weighted by molar-refractivity contribution is 0.102. The molecule has 2 aromatic carbocycles. The molecule has 2 aliphatic heterocycles. The van der Waals surface area contributed by atoms with Crippen molar-refractivity contribution in [1.82, 2.24) is 4.31 Å². The average molecular weight is 495 g/mol. The molecule has 10 heteroatoms. The van der Waals surface area contributed by atoms with Gasteiger partial charge in [-0.1, -0.05) is 25.4 Å². The summed E-state index contributed by atoms with van der Waals surface area (Å²) in [6.07, 6.45) is 0.974. The fraction of sp³-hybridized carbons (Fsp3) is 0.435. The van der Waals surface area contributed by atoms with Gasteiger partial charge < -0.3 is 19.5 Å². The molecule has 1 amide bonds. The molecule has 2 aliphatic rings. The minimum absolute atomic E-state index is 0.0350. The number of methoxy groups -OCH3 is 1. The molecule has 0 spiro atoms. The number of piperidine rings is 1. The fourth-order valence-corrected chi connectivity index (χ4v) is 6.38. The zero-order chi connectivity index (χ0) is 23.8. The van der Waals surface area contributed by atoms with Crippen LogP contribution in [-0.2, 0) is 10.0 Å². The molecule has 8 nitrogen and oxygen atoms in total. The molecule has 1 saturated heterocycles. The van der Waals surface area contributed by atoms with E-state index in [1.54, 1.807) is 12.1 Å². The van der Waals surface area contributed by atoms with E-state index in [1.807, 2.05) is 13.8 Å². The highest BCUT2D eigenvalue weighted by Crippen LogP contribution is 2.38. The van der Waals surface area contributed by atoms with Crippen molar-refractivity contribution >= 4 is 33.2 Å². The van der Waals surface area contributed by atoms with Crippen LogP contribution in [0.5, 0.6) is 17.2 Å². The number of fused-ring (bicyclic) bond motifs is 1. The minimum Gasteiger partial charge on any atom is -0.495 e. The maximum atomic E-state index is 13.5. The van der Waals surface area contributed by atoms with Crippen molar-refractivity contribution < 1.29 is 27.4 Å². The first kappa shape index (κ1) is 23.7. The number of hydrogen-bond donors (Lipinski definition) is 1. The van der Waals surface area contributed by atoms with Crippen LogP contribution in [0, 0.1) is 11.8 Å². The van der Waals surface area contributed by atoms with E-state index >= 15 is 0 Å². The number of benzene rings is 2. The molecule has 0 bridgehead atoms. The predicted octanol–water partition coefficient (Wildman–Crippen LogP) is 4.04. The third-order valence-electron chi connectivity index (χ3n) is 5.76. The van der Waals surface area contributed by atoms with Crippen molar-refractivity contribution in [3.8, 4) is 17.2 Å². The van der Waals surface area contributed by atoms with Crippen LogP contribution in [0.25, 0.3) is 0 Å². The lowest BCUT2D eigenvalue weighted by Gasteiger charge is -2.34. The Balaban J connectivity index is 1.63. The van der Waals surface area contributed by atoms with Gasteiger partial charge in [0.15, 0.2) is 11.5 Å². The summed E-state index contributed by atoms with van der Waals surface area (Å²) in [6, 6.07) is 7.52. The molecule has 178 valence electrons. The largest absolute Gasteiger partial charge is 0.495 e. The highest BCUT2D eigenvalue weighted by molar-refractivity contribution is 7.89. The van der Waals surface area contributed by atoms with Crippen molar-refractivity contribution in [1.29, 1.82) is 0 Å². The molecule has 0 radical (unpaired) electrons. The number of halogens is 1. The smallest absolute Gasteiger partial charge is 0.255 e. The van der Waals surface area contributed by atoms with Gasteiger partial charge in [-0.25, -0.2) is 8.42 Å². The SMILES string of the molecule is COc1ccc(C(=O)Nc2cc3c(cc2Cl)OCCO3)cc1S(=O)(=O)N1C[C@@H](C)C[C@H](C)C1. The molecule has 0 saturated carbocycles. The average Bonchev–Trinajstić information content (AvgIpc) is 2.78. The van der Waals surface area contributed by atoms with Gasteiger partial charge in [-0.3, -0.25) is 4.79 Å². The summed E-state index contributed by atoms with van der Waals surface area (Å²) in [5, 5.41) is 3.01. The van der Waals surface area contributed by atoms with Crippen LogP contribution in [0.15, 0.2) is 35.2 Å². The second-order valence-corrected chi connectivity index (χ2v) is 10.9. The summed E-state index contributed by atoms with van der Waals surface area (Å²) >= 11 is 6.30. The zero-order valence-corrected chi connectivity index (χ0v) is 20.3. The Morgan fingerprint density at radius 2 is 1.73 bits per heavy atom. The topological polar surface area (TPSA) is 94.2 Å². The zero-order valence-electron chi connectivity index (χ0n) is 18.8. The van der Waals surface area contributed by atoms with Gasteiger partial charge in [-0.15, -0.1) is 0 Å². The highest BCUT2D eigenvalue weighted by atomic mass is 35.5. The monoisotopic (exact) mass is 494 g/mol. The normalized spacial score (nSPS) is 20.8. The standard InChI is InChI=1S/C23H27ClN2O6S/c1-14-8-15(2)13-26(12-14)33(28,29)22-9-16(4-5-19(22)30-3)23(27)25-18-11-21-20(10-17(18)24)31-6-7-32-21/h4-5,9-11,14-15H,6-8,12-13H2,1-3H3,(H,25,27)/t14-,15-/m0/s1. The number of carbonyl (C=O) groups excluding carboxylic acids is 1. The van der Waals surface area contributed by atoms with Crippen molar-refractivity contribution in [2.45, 2.75) is 25.2 Å². The van der Waals surface area contributed by atoms with Crippen LogP contribution >= 0.6 is 11.6 Å². The Morgan fingerprint density at radius 1 is 1.09 bits per heavy atom. The predicted molar refractivity (Wildman–Crippen MR) is 125 cm³/mol. The van der Waals surface area contributed by atoms with Crippen LogP contribution < -0.4 is 19.5 Å². The van der Waals surface area contributed by atoms with E-state index in [0.717, 1.165) is 6.42 Å². The van der Waals surface area contributed by atoms with Crippen molar-refractivity contribution in [3.63, 3.8) is 0 Å². The number of sulfonamides is 1. The maximum absolute atomic E-state index is 13.5. The number of nitrogens with zero attached hydrogens (tertiary/aromatic N) is 1. The minimum atomic E-state index is -3.85. The molecule has 0 unspecified atom stereocenters. The molecule has 1 N–H and O–H groups in total.